The summed E-state index contributed by atoms with van der Waals surface area (Å²) >= 11 is 0. The smallest absolute Gasteiger partial charge is 0.307 e. The van der Waals surface area contributed by atoms with E-state index in [4.69, 9.17) is 9.47 Å². The summed E-state index contributed by atoms with van der Waals surface area (Å²) in [4.78, 5) is 11.4. The number of aliphatic carboxylic acids is 1. The Kier molecular flexibility index (Phi) is 9.00. The van der Waals surface area contributed by atoms with Crippen LogP contribution in [0.3, 0.4) is 0 Å². The van der Waals surface area contributed by atoms with Gasteiger partial charge in [-0.3, -0.25) is 9.52 Å². The molecule has 0 heterocycles. The Labute approximate surface area is 228 Å². The number of para-hydroxylation sites is 1. The highest BCUT2D eigenvalue weighted by molar-refractivity contribution is 7.92. The van der Waals surface area contributed by atoms with E-state index in [1.54, 1.807) is 55.6 Å². The van der Waals surface area contributed by atoms with Crippen LogP contribution in [-0.2, 0) is 26.2 Å². The number of benzene rings is 4. The Morgan fingerprint density at radius 1 is 0.872 bits per heavy atom. The summed E-state index contributed by atoms with van der Waals surface area (Å²) in [6, 6.07) is 30.0. The Morgan fingerprint density at radius 2 is 1.49 bits per heavy atom. The van der Waals surface area contributed by atoms with E-state index in [0.717, 1.165) is 22.4 Å². The van der Waals surface area contributed by atoms with Gasteiger partial charge in [0.2, 0.25) is 0 Å². The van der Waals surface area contributed by atoms with Crippen LogP contribution in [0.2, 0.25) is 0 Å². The second-order valence-electron chi connectivity index (χ2n) is 8.55. The van der Waals surface area contributed by atoms with Gasteiger partial charge < -0.3 is 14.6 Å². The van der Waals surface area contributed by atoms with E-state index in [1.807, 2.05) is 54.6 Å². The third-order valence-corrected chi connectivity index (χ3v) is 7.18. The molecule has 0 radical (unpaired) electrons. The zero-order valence-electron chi connectivity index (χ0n) is 21.2. The molecule has 7 nitrogen and oxygen atoms in total. The van der Waals surface area contributed by atoms with Crippen molar-refractivity contribution in [2.24, 2.45) is 0 Å². The summed E-state index contributed by atoms with van der Waals surface area (Å²) in [6.45, 7) is -0.0312. The Balaban J connectivity index is 1.48. The molecule has 0 aliphatic rings. The van der Waals surface area contributed by atoms with Crippen molar-refractivity contribution in [1.29, 1.82) is 0 Å². The van der Waals surface area contributed by atoms with Gasteiger partial charge in [-0.25, -0.2) is 8.42 Å². The van der Waals surface area contributed by atoms with E-state index >= 15 is 0 Å². The molecule has 0 saturated carbocycles. The van der Waals surface area contributed by atoms with Crippen LogP contribution in [0.5, 0.6) is 5.75 Å². The van der Waals surface area contributed by atoms with Gasteiger partial charge in [0.15, 0.2) is 0 Å². The molecule has 4 aromatic rings. The van der Waals surface area contributed by atoms with Crippen molar-refractivity contribution in [1.82, 2.24) is 0 Å². The van der Waals surface area contributed by atoms with Crippen LogP contribution >= 0.6 is 0 Å². The number of sulfonamides is 1. The number of nitrogens with one attached hydrogen (secondary N) is 1. The third kappa shape index (κ3) is 7.71. The predicted molar refractivity (Wildman–Crippen MR) is 150 cm³/mol. The van der Waals surface area contributed by atoms with Crippen LogP contribution in [0.1, 0.15) is 17.5 Å². The Bertz CT molecular complexity index is 1570. The van der Waals surface area contributed by atoms with Crippen molar-refractivity contribution in [3.8, 4) is 28.7 Å². The molecule has 0 unspecified atom stereocenters. The number of carboxylic acids is 1. The van der Waals surface area contributed by atoms with Gasteiger partial charge in [0, 0.05) is 11.1 Å². The largest absolute Gasteiger partial charge is 0.497 e. The molecule has 0 spiro atoms. The second kappa shape index (κ2) is 12.8. The molecular weight excluding hydrogens is 514 g/mol. The quantitative estimate of drug-likeness (QED) is 0.254. The highest BCUT2D eigenvalue weighted by Gasteiger charge is 2.18. The fourth-order valence-corrected chi connectivity index (χ4v) is 4.85. The van der Waals surface area contributed by atoms with Crippen LogP contribution in [0.15, 0.2) is 108 Å². The molecule has 0 amide bonds. The van der Waals surface area contributed by atoms with Gasteiger partial charge in [-0.2, -0.15) is 0 Å². The van der Waals surface area contributed by atoms with E-state index in [9.17, 15) is 18.3 Å². The van der Waals surface area contributed by atoms with Gasteiger partial charge in [0.05, 0.1) is 30.7 Å². The number of methoxy groups -OCH3 is 1. The Morgan fingerprint density at radius 3 is 2.13 bits per heavy atom. The SMILES string of the molecule is COc1ccc(-c2ccc(S(=O)(=O)Nc3ccccc3CO[C@H](C#Cc3ccccc3)CC(=O)O)cc2)cc1. The van der Waals surface area contributed by atoms with Crippen molar-refractivity contribution in [3.05, 3.63) is 114 Å². The maximum absolute atomic E-state index is 13.2. The lowest BCUT2D eigenvalue weighted by Crippen LogP contribution is -2.17. The summed E-state index contributed by atoms with van der Waals surface area (Å²) in [5, 5.41) is 9.28. The van der Waals surface area contributed by atoms with Gasteiger partial charge in [0.25, 0.3) is 10.0 Å². The van der Waals surface area contributed by atoms with Crippen LogP contribution in [-0.4, -0.2) is 32.7 Å². The maximum Gasteiger partial charge on any atom is 0.307 e. The first kappa shape index (κ1) is 27.5. The van der Waals surface area contributed by atoms with Gasteiger partial charge in [0.1, 0.15) is 11.9 Å². The molecule has 4 aromatic carbocycles. The van der Waals surface area contributed by atoms with Crippen molar-refractivity contribution in [2.75, 3.05) is 11.8 Å². The number of carbonyl (C=O) groups is 1. The van der Waals surface area contributed by atoms with E-state index in [-0.39, 0.29) is 17.9 Å². The lowest BCUT2D eigenvalue weighted by Gasteiger charge is -2.15. The fraction of sp³-hybridized carbons (Fsp3) is 0.129. The van der Waals surface area contributed by atoms with Crippen molar-refractivity contribution in [2.45, 2.75) is 24.0 Å². The first-order valence-electron chi connectivity index (χ1n) is 12.1. The van der Waals surface area contributed by atoms with E-state index in [1.165, 1.54) is 0 Å². The molecule has 0 fully saturated rings. The monoisotopic (exact) mass is 541 g/mol. The molecule has 8 heteroatoms. The molecule has 1 atom stereocenters. The fourth-order valence-electron chi connectivity index (χ4n) is 3.75. The average Bonchev–Trinajstić information content (AvgIpc) is 2.95. The van der Waals surface area contributed by atoms with Gasteiger partial charge in [-0.15, -0.1) is 0 Å². The summed E-state index contributed by atoms with van der Waals surface area (Å²) in [7, 11) is -2.30. The maximum atomic E-state index is 13.2. The van der Waals surface area contributed by atoms with E-state index in [0.29, 0.717) is 11.3 Å². The standard InChI is InChI=1S/C31H27NO6S/c1-37-27-17-12-24(13-18-27)25-14-19-29(20-15-25)39(35,36)32-30-10-6-5-9-26(30)22-38-28(21-31(33)34)16-11-23-7-3-2-4-8-23/h2-10,12-15,17-20,28,32H,21-22H2,1H3,(H,33,34)/t28-/m1/s1. The normalized spacial score (nSPS) is 11.6. The van der Waals surface area contributed by atoms with Crippen LogP contribution in [0.4, 0.5) is 5.69 Å². The molecule has 0 aromatic heterocycles. The number of rotatable bonds is 10. The summed E-state index contributed by atoms with van der Waals surface area (Å²) in [6.07, 6.45) is -1.19. The first-order valence-corrected chi connectivity index (χ1v) is 13.6. The predicted octanol–water partition coefficient (Wildman–Crippen LogP) is 5.57. The highest BCUT2D eigenvalue weighted by Crippen LogP contribution is 2.26. The Hall–Kier alpha value is -4.58. The lowest BCUT2D eigenvalue weighted by atomic mass is 10.1. The molecular formula is C31H27NO6S. The molecule has 0 aliphatic carbocycles. The van der Waals surface area contributed by atoms with Crippen LogP contribution < -0.4 is 9.46 Å². The van der Waals surface area contributed by atoms with Gasteiger partial charge in [-0.1, -0.05) is 72.5 Å². The topological polar surface area (TPSA) is 102 Å². The summed E-state index contributed by atoms with van der Waals surface area (Å²) in [5.41, 5.74) is 3.42. The highest BCUT2D eigenvalue weighted by atomic mass is 32.2. The molecule has 39 heavy (non-hydrogen) atoms. The summed E-state index contributed by atoms with van der Waals surface area (Å²) in [5.74, 6) is 5.48. The minimum Gasteiger partial charge on any atom is -0.497 e. The lowest BCUT2D eigenvalue weighted by molar-refractivity contribution is -0.139. The van der Waals surface area contributed by atoms with Gasteiger partial charge in [-0.05, 0) is 53.6 Å². The number of hydrogen-bond donors (Lipinski definition) is 2. The zero-order chi connectivity index (χ0) is 27.7. The molecule has 2 N–H and O–H groups in total. The molecule has 0 aliphatic heterocycles. The van der Waals surface area contributed by atoms with Crippen molar-refractivity contribution in [3.63, 3.8) is 0 Å². The summed E-state index contributed by atoms with van der Waals surface area (Å²) < 4.78 is 39.9. The molecule has 4 rings (SSSR count). The van der Waals surface area contributed by atoms with Crippen LogP contribution in [0, 0.1) is 11.8 Å². The number of anilines is 1. The number of hydrogen-bond acceptors (Lipinski definition) is 5. The molecule has 0 saturated heterocycles. The zero-order valence-corrected chi connectivity index (χ0v) is 22.0. The van der Waals surface area contributed by atoms with Crippen molar-refractivity contribution < 1.29 is 27.8 Å². The number of carboxylic acid groups (broad SMARTS) is 1. The van der Waals surface area contributed by atoms with E-state index in [2.05, 4.69) is 16.6 Å². The third-order valence-electron chi connectivity index (χ3n) is 5.80. The second-order valence-corrected chi connectivity index (χ2v) is 10.2. The van der Waals surface area contributed by atoms with E-state index < -0.39 is 22.1 Å². The minimum atomic E-state index is -3.90. The number of ether oxygens (including phenoxy) is 2. The van der Waals surface area contributed by atoms with Gasteiger partial charge >= 0.3 is 5.97 Å². The molecule has 0 bridgehead atoms. The molecule has 198 valence electrons. The van der Waals surface area contributed by atoms with Crippen LogP contribution in [0.25, 0.3) is 11.1 Å². The first-order chi connectivity index (χ1) is 18.8. The average molecular weight is 542 g/mol. The van der Waals surface area contributed by atoms with Crippen molar-refractivity contribution >= 4 is 21.7 Å². The minimum absolute atomic E-state index is 0.0312.